The predicted octanol–water partition coefficient (Wildman–Crippen LogP) is 5.65. The van der Waals surface area contributed by atoms with Gasteiger partial charge in [-0.25, -0.2) is 4.98 Å². The van der Waals surface area contributed by atoms with Crippen molar-refractivity contribution in [2.45, 2.75) is 0 Å². The van der Waals surface area contributed by atoms with E-state index < -0.39 is 0 Å². The highest BCUT2D eigenvalue weighted by molar-refractivity contribution is 6.03. The zero-order chi connectivity index (χ0) is 19.2. The first-order valence-corrected chi connectivity index (χ1v) is 9.32. The van der Waals surface area contributed by atoms with Crippen LogP contribution >= 0.6 is 0 Å². The summed E-state index contributed by atoms with van der Waals surface area (Å²) in [6, 6.07) is 26.2. The van der Waals surface area contributed by atoms with Gasteiger partial charge >= 0.3 is 0 Å². The van der Waals surface area contributed by atoms with Gasteiger partial charge in [0.15, 0.2) is 0 Å². The van der Waals surface area contributed by atoms with Crippen molar-refractivity contribution in [1.29, 1.82) is 0 Å². The third kappa shape index (κ3) is 2.72. The van der Waals surface area contributed by atoms with Crippen molar-refractivity contribution < 1.29 is 4.42 Å². The lowest BCUT2D eigenvalue weighted by molar-refractivity contribution is 0.582. The molecular formula is C24H14N4O. The van der Waals surface area contributed by atoms with Crippen molar-refractivity contribution in [2.24, 2.45) is 0 Å². The molecule has 5 nitrogen and oxygen atoms in total. The molecule has 0 atom stereocenters. The number of benzene rings is 3. The topological polar surface area (TPSA) is 64.7 Å². The Labute approximate surface area is 165 Å². The van der Waals surface area contributed by atoms with Crippen LogP contribution in [0.4, 0.5) is 0 Å². The van der Waals surface area contributed by atoms with Crippen LogP contribution in [0.1, 0.15) is 0 Å². The summed E-state index contributed by atoms with van der Waals surface area (Å²) in [5, 5.41) is 12.8. The van der Waals surface area contributed by atoms with Gasteiger partial charge in [0.05, 0.1) is 11.0 Å². The average molecular weight is 374 g/mol. The molecule has 3 aromatic heterocycles. The predicted molar refractivity (Wildman–Crippen MR) is 113 cm³/mol. The van der Waals surface area contributed by atoms with E-state index in [4.69, 9.17) is 9.40 Å². The summed E-state index contributed by atoms with van der Waals surface area (Å²) in [6.45, 7) is 0. The molecule has 6 aromatic rings. The molecule has 136 valence electrons. The second-order valence-electron chi connectivity index (χ2n) is 6.92. The molecule has 0 spiro atoms. The molecule has 3 aromatic carbocycles. The minimum Gasteiger partial charge on any atom is -0.415 e. The number of rotatable bonds is 2. The van der Waals surface area contributed by atoms with E-state index in [1.54, 1.807) is 0 Å². The zero-order valence-electron chi connectivity index (χ0n) is 15.3. The average Bonchev–Trinajstić information content (AvgIpc) is 3.27. The van der Waals surface area contributed by atoms with Crippen LogP contribution in [0.15, 0.2) is 89.5 Å². The molecule has 0 saturated carbocycles. The summed E-state index contributed by atoms with van der Waals surface area (Å²) in [7, 11) is 0. The summed E-state index contributed by atoms with van der Waals surface area (Å²) in [5.74, 6) is 0.897. The molecule has 0 amide bonds. The SMILES string of the molecule is c1ccc(-c2nnc(-c3ccc4cc5cc6ncccc6cc5cc4n3)o2)cc1. The molecule has 0 radical (unpaired) electrons. The molecule has 0 aliphatic heterocycles. The van der Waals surface area contributed by atoms with Crippen LogP contribution < -0.4 is 0 Å². The van der Waals surface area contributed by atoms with Crippen LogP contribution in [0.3, 0.4) is 0 Å². The van der Waals surface area contributed by atoms with Gasteiger partial charge < -0.3 is 4.42 Å². The summed E-state index contributed by atoms with van der Waals surface area (Å²) < 4.78 is 5.86. The van der Waals surface area contributed by atoms with Crippen molar-refractivity contribution in [3.05, 3.63) is 85.1 Å². The van der Waals surface area contributed by atoms with Gasteiger partial charge in [-0.1, -0.05) is 30.3 Å². The lowest BCUT2D eigenvalue weighted by Crippen LogP contribution is -1.87. The molecule has 6 rings (SSSR count). The Morgan fingerprint density at radius 1 is 0.586 bits per heavy atom. The highest BCUT2D eigenvalue weighted by Crippen LogP contribution is 2.28. The summed E-state index contributed by atoms with van der Waals surface area (Å²) in [6.07, 6.45) is 1.82. The normalized spacial score (nSPS) is 11.4. The number of nitrogens with zero attached hydrogens (tertiary/aromatic N) is 4. The van der Waals surface area contributed by atoms with Gasteiger partial charge in [-0.05, 0) is 59.3 Å². The largest absolute Gasteiger partial charge is 0.415 e. The van der Waals surface area contributed by atoms with Crippen LogP contribution in [-0.4, -0.2) is 20.2 Å². The standard InChI is InChI=1S/C24H14N4O/c1-2-5-15(6-3-1)23-27-28-24(29-23)20-9-8-17-12-18-13-21-16(7-4-10-25-21)11-19(18)14-22(17)26-20/h1-14H. The number of pyridine rings is 2. The third-order valence-corrected chi connectivity index (χ3v) is 5.03. The van der Waals surface area contributed by atoms with E-state index in [9.17, 15) is 0 Å². The van der Waals surface area contributed by atoms with Gasteiger partial charge in [0.25, 0.3) is 5.89 Å². The molecule has 0 unspecified atom stereocenters. The smallest absolute Gasteiger partial charge is 0.266 e. The van der Waals surface area contributed by atoms with E-state index in [-0.39, 0.29) is 0 Å². The van der Waals surface area contributed by atoms with Gasteiger partial charge in [0, 0.05) is 22.5 Å². The Kier molecular flexibility index (Phi) is 3.40. The van der Waals surface area contributed by atoms with E-state index in [2.05, 4.69) is 45.5 Å². The Morgan fingerprint density at radius 3 is 2.21 bits per heavy atom. The minimum atomic E-state index is 0.411. The molecule has 0 N–H and O–H groups in total. The number of hydrogen-bond donors (Lipinski definition) is 0. The van der Waals surface area contributed by atoms with Crippen molar-refractivity contribution in [3.8, 4) is 23.0 Å². The van der Waals surface area contributed by atoms with E-state index in [1.807, 2.05) is 54.7 Å². The first kappa shape index (κ1) is 15.9. The van der Waals surface area contributed by atoms with E-state index in [1.165, 1.54) is 0 Å². The Morgan fingerprint density at radius 2 is 1.34 bits per heavy atom. The fourth-order valence-electron chi connectivity index (χ4n) is 3.59. The number of aromatic nitrogens is 4. The number of fused-ring (bicyclic) bond motifs is 3. The lowest BCUT2D eigenvalue weighted by atomic mass is 10.0. The van der Waals surface area contributed by atoms with Crippen molar-refractivity contribution in [3.63, 3.8) is 0 Å². The third-order valence-electron chi connectivity index (χ3n) is 5.03. The first-order chi connectivity index (χ1) is 14.3. The van der Waals surface area contributed by atoms with Crippen LogP contribution in [0, 0.1) is 0 Å². The summed E-state index contributed by atoms with van der Waals surface area (Å²) in [5.41, 5.74) is 3.42. The van der Waals surface area contributed by atoms with Crippen LogP contribution in [-0.2, 0) is 0 Å². The van der Waals surface area contributed by atoms with Gasteiger partial charge in [0.2, 0.25) is 5.89 Å². The van der Waals surface area contributed by atoms with E-state index >= 15 is 0 Å². The molecule has 0 bridgehead atoms. The fraction of sp³-hybridized carbons (Fsp3) is 0. The molecule has 0 saturated heterocycles. The van der Waals surface area contributed by atoms with Gasteiger partial charge in [-0.15, -0.1) is 10.2 Å². The van der Waals surface area contributed by atoms with Gasteiger partial charge in [0.1, 0.15) is 5.69 Å². The van der Waals surface area contributed by atoms with Crippen molar-refractivity contribution in [2.75, 3.05) is 0 Å². The quantitative estimate of drug-likeness (QED) is 0.366. The minimum absolute atomic E-state index is 0.411. The second-order valence-corrected chi connectivity index (χ2v) is 6.92. The fourth-order valence-corrected chi connectivity index (χ4v) is 3.59. The highest BCUT2D eigenvalue weighted by Gasteiger charge is 2.12. The second kappa shape index (κ2) is 6.21. The highest BCUT2D eigenvalue weighted by atomic mass is 16.4. The maximum atomic E-state index is 5.86. The van der Waals surface area contributed by atoms with E-state index in [0.29, 0.717) is 17.5 Å². The number of hydrogen-bond acceptors (Lipinski definition) is 5. The Hall–Kier alpha value is -4.12. The maximum absolute atomic E-state index is 5.86. The molecule has 0 fully saturated rings. The van der Waals surface area contributed by atoms with Crippen LogP contribution in [0.2, 0.25) is 0 Å². The molecule has 29 heavy (non-hydrogen) atoms. The lowest BCUT2D eigenvalue weighted by Gasteiger charge is -2.05. The Bertz CT molecular complexity index is 1510. The molecule has 3 heterocycles. The van der Waals surface area contributed by atoms with Crippen molar-refractivity contribution in [1.82, 2.24) is 20.2 Å². The summed E-state index contributed by atoms with van der Waals surface area (Å²) in [4.78, 5) is 9.22. The maximum Gasteiger partial charge on any atom is 0.266 e. The molecular weight excluding hydrogens is 360 g/mol. The summed E-state index contributed by atoms with van der Waals surface area (Å²) >= 11 is 0. The Balaban J connectivity index is 1.47. The van der Waals surface area contributed by atoms with E-state index in [0.717, 1.165) is 38.1 Å². The molecule has 0 aliphatic rings. The van der Waals surface area contributed by atoms with Crippen molar-refractivity contribution >= 4 is 32.6 Å². The first-order valence-electron chi connectivity index (χ1n) is 9.32. The molecule has 0 aliphatic carbocycles. The van der Waals surface area contributed by atoms with Gasteiger partial charge in [-0.2, -0.15) is 0 Å². The molecule has 5 heteroatoms. The van der Waals surface area contributed by atoms with Crippen LogP contribution in [0.25, 0.3) is 55.6 Å². The van der Waals surface area contributed by atoms with Crippen LogP contribution in [0.5, 0.6) is 0 Å². The zero-order valence-corrected chi connectivity index (χ0v) is 15.3. The van der Waals surface area contributed by atoms with Gasteiger partial charge in [-0.3, -0.25) is 4.98 Å². The monoisotopic (exact) mass is 374 g/mol.